The summed E-state index contributed by atoms with van der Waals surface area (Å²) in [6, 6.07) is 8.51. The zero-order valence-electron chi connectivity index (χ0n) is 14.4. The molecule has 0 atom stereocenters. The Bertz CT molecular complexity index is 1020. The third-order valence-electron chi connectivity index (χ3n) is 4.01. The van der Waals surface area contributed by atoms with Gasteiger partial charge in [-0.05, 0) is 12.1 Å². The molecule has 12 heteroatoms. The van der Waals surface area contributed by atoms with Gasteiger partial charge < -0.3 is 9.47 Å². The van der Waals surface area contributed by atoms with Crippen LogP contribution in [0.5, 0.6) is 11.5 Å². The molecule has 0 saturated carbocycles. The summed E-state index contributed by atoms with van der Waals surface area (Å²) >= 11 is 0. The highest BCUT2D eigenvalue weighted by atomic mass is 32.2. The van der Waals surface area contributed by atoms with Crippen LogP contribution < -0.4 is 4.74 Å². The molecular weight excluding hydrogens is 394 g/mol. The molecule has 0 unspecified atom stereocenters. The Hall–Kier alpha value is -3.09. The Kier molecular flexibility index (Phi) is 5.53. The number of ether oxygens (including phenoxy) is 2. The largest absolute Gasteiger partial charge is 0.449 e. The summed E-state index contributed by atoms with van der Waals surface area (Å²) in [6.07, 6.45) is 0. The second kappa shape index (κ2) is 7.88. The third kappa shape index (κ3) is 3.93. The Morgan fingerprint density at radius 3 is 2.29 bits per heavy atom. The highest BCUT2D eigenvalue weighted by Crippen LogP contribution is 2.37. The van der Waals surface area contributed by atoms with Gasteiger partial charge in [-0.15, -0.1) is 0 Å². The minimum Gasteiger partial charge on any atom is -0.449 e. The van der Waals surface area contributed by atoms with Crippen LogP contribution in [0.15, 0.2) is 47.4 Å². The van der Waals surface area contributed by atoms with Crippen LogP contribution in [0.1, 0.15) is 0 Å². The lowest BCUT2D eigenvalue weighted by Gasteiger charge is -2.26. The van der Waals surface area contributed by atoms with Gasteiger partial charge in [-0.3, -0.25) is 20.2 Å². The maximum Gasteiger partial charge on any atom is 0.311 e. The van der Waals surface area contributed by atoms with Gasteiger partial charge in [0.25, 0.3) is 5.69 Å². The Morgan fingerprint density at radius 2 is 1.64 bits per heavy atom. The van der Waals surface area contributed by atoms with Crippen molar-refractivity contribution in [1.82, 2.24) is 4.31 Å². The number of nitro groups is 2. The van der Waals surface area contributed by atoms with Gasteiger partial charge in [-0.1, -0.05) is 12.1 Å². The molecule has 0 bridgehead atoms. The number of nitro benzene ring substituents is 2. The zero-order chi connectivity index (χ0) is 20.3. The van der Waals surface area contributed by atoms with Crippen LogP contribution in [0.3, 0.4) is 0 Å². The van der Waals surface area contributed by atoms with Gasteiger partial charge >= 0.3 is 5.69 Å². The smallest absolute Gasteiger partial charge is 0.311 e. The van der Waals surface area contributed by atoms with Gasteiger partial charge in [0.2, 0.25) is 15.8 Å². The third-order valence-corrected chi connectivity index (χ3v) is 5.93. The van der Waals surface area contributed by atoms with Crippen LogP contribution in [0.25, 0.3) is 0 Å². The summed E-state index contributed by atoms with van der Waals surface area (Å²) in [5.74, 6) is -0.425. The van der Waals surface area contributed by atoms with Gasteiger partial charge in [0, 0.05) is 31.3 Å². The molecule has 11 nitrogen and oxygen atoms in total. The fourth-order valence-corrected chi connectivity index (χ4v) is 4.18. The number of morpholine rings is 1. The lowest BCUT2D eigenvalue weighted by Crippen LogP contribution is -2.40. The van der Waals surface area contributed by atoms with Crippen LogP contribution in [0, 0.1) is 20.2 Å². The van der Waals surface area contributed by atoms with Gasteiger partial charge in [0.1, 0.15) is 10.6 Å². The average molecular weight is 409 g/mol. The molecule has 1 aliphatic heterocycles. The van der Waals surface area contributed by atoms with Gasteiger partial charge in [0.15, 0.2) is 0 Å². The lowest BCUT2D eigenvalue weighted by atomic mass is 10.3. The van der Waals surface area contributed by atoms with Crippen molar-refractivity contribution in [3.8, 4) is 11.5 Å². The molecule has 3 rings (SSSR count). The first-order valence-corrected chi connectivity index (χ1v) is 9.52. The first kappa shape index (κ1) is 19.7. The number of sulfonamides is 1. The second-order valence-electron chi connectivity index (χ2n) is 5.73. The van der Waals surface area contributed by atoms with E-state index < -0.39 is 30.5 Å². The van der Waals surface area contributed by atoms with E-state index in [1.807, 2.05) is 0 Å². The van der Waals surface area contributed by atoms with E-state index in [0.717, 1.165) is 22.5 Å². The molecular formula is C16H15N3O8S. The standard InChI is InChI=1S/C16H15N3O8S/c20-18(21)12-5-6-15(27-14-4-2-1-3-13(14)19(22)23)16(11-12)28(24,25)17-7-9-26-10-8-17/h1-6,11H,7-10H2. The number of non-ortho nitro benzene ring substituents is 1. The van der Waals surface area contributed by atoms with E-state index in [-0.39, 0.29) is 43.5 Å². The van der Waals surface area contributed by atoms with E-state index in [9.17, 15) is 28.6 Å². The van der Waals surface area contributed by atoms with Gasteiger partial charge in [0.05, 0.1) is 23.1 Å². The van der Waals surface area contributed by atoms with Crippen molar-refractivity contribution in [1.29, 1.82) is 0 Å². The van der Waals surface area contributed by atoms with Crippen LogP contribution in [0.2, 0.25) is 0 Å². The molecule has 0 amide bonds. The van der Waals surface area contributed by atoms with Crippen LogP contribution >= 0.6 is 0 Å². The van der Waals surface area contributed by atoms with Crippen molar-refractivity contribution in [3.63, 3.8) is 0 Å². The highest BCUT2D eigenvalue weighted by molar-refractivity contribution is 7.89. The van der Waals surface area contributed by atoms with Crippen molar-refractivity contribution >= 4 is 21.4 Å². The molecule has 2 aromatic rings. The number of rotatable bonds is 6. The Morgan fingerprint density at radius 1 is 0.964 bits per heavy atom. The predicted octanol–water partition coefficient (Wildman–Crippen LogP) is 2.32. The molecule has 1 fully saturated rings. The number of hydrogen-bond donors (Lipinski definition) is 0. The first-order valence-electron chi connectivity index (χ1n) is 8.08. The van der Waals surface area contributed by atoms with Gasteiger partial charge in [-0.25, -0.2) is 8.42 Å². The maximum atomic E-state index is 13.0. The van der Waals surface area contributed by atoms with Crippen molar-refractivity contribution in [2.75, 3.05) is 26.3 Å². The van der Waals surface area contributed by atoms with Crippen LogP contribution in [-0.2, 0) is 14.8 Å². The maximum absolute atomic E-state index is 13.0. The number of nitrogens with zero attached hydrogens (tertiary/aromatic N) is 3. The molecule has 1 heterocycles. The zero-order valence-corrected chi connectivity index (χ0v) is 15.2. The average Bonchev–Trinajstić information content (AvgIpc) is 2.69. The summed E-state index contributed by atoms with van der Waals surface area (Å²) in [5.41, 5.74) is -0.808. The molecule has 0 aromatic heterocycles. The highest BCUT2D eigenvalue weighted by Gasteiger charge is 2.32. The number of hydrogen-bond acceptors (Lipinski definition) is 8. The number of benzene rings is 2. The van der Waals surface area contributed by atoms with Crippen molar-refractivity contribution in [2.45, 2.75) is 4.90 Å². The summed E-state index contributed by atoms with van der Waals surface area (Å²) < 4.78 is 37.8. The summed E-state index contributed by atoms with van der Waals surface area (Å²) in [7, 11) is -4.15. The van der Waals surface area contributed by atoms with Crippen LogP contribution in [-0.4, -0.2) is 48.9 Å². The van der Waals surface area contributed by atoms with Gasteiger partial charge in [-0.2, -0.15) is 4.31 Å². The first-order chi connectivity index (χ1) is 13.3. The molecule has 0 spiro atoms. The SMILES string of the molecule is O=[N+]([O-])c1ccc(Oc2ccccc2[N+](=O)[O-])c(S(=O)(=O)N2CCOCC2)c1. The second-order valence-corrected chi connectivity index (χ2v) is 7.64. The van der Waals surface area contributed by atoms with E-state index in [1.54, 1.807) is 0 Å². The number of para-hydroxylation sites is 2. The lowest BCUT2D eigenvalue weighted by molar-refractivity contribution is -0.385. The summed E-state index contributed by atoms with van der Waals surface area (Å²) in [6.45, 7) is 0.537. The van der Waals surface area contributed by atoms with E-state index in [4.69, 9.17) is 9.47 Å². The molecule has 1 aliphatic rings. The fourth-order valence-electron chi connectivity index (χ4n) is 2.64. The normalized spacial score (nSPS) is 15.1. The minimum atomic E-state index is -4.15. The Balaban J connectivity index is 2.09. The monoisotopic (exact) mass is 409 g/mol. The summed E-state index contributed by atoms with van der Waals surface area (Å²) in [4.78, 5) is 20.5. The van der Waals surface area contributed by atoms with Crippen LogP contribution in [0.4, 0.5) is 11.4 Å². The van der Waals surface area contributed by atoms with Crippen molar-refractivity contribution < 1.29 is 27.7 Å². The molecule has 1 saturated heterocycles. The van der Waals surface area contributed by atoms with E-state index in [2.05, 4.69) is 0 Å². The molecule has 2 aromatic carbocycles. The van der Waals surface area contributed by atoms with Crippen molar-refractivity contribution in [2.24, 2.45) is 0 Å². The van der Waals surface area contributed by atoms with E-state index in [1.165, 1.54) is 24.3 Å². The van der Waals surface area contributed by atoms with E-state index >= 15 is 0 Å². The quantitative estimate of drug-likeness (QED) is 0.522. The summed E-state index contributed by atoms with van der Waals surface area (Å²) in [5, 5.41) is 22.3. The molecule has 0 aliphatic carbocycles. The molecule has 0 N–H and O–H groups in total. The Labute approximate surface area is 159 Å². The molecule has 148 valence electrons. The fraction of sp³-hybridized carbons (Fsp3) is 0.250. The molecule has 0 radical (unpaired) electrons. The predicted molar refractivity (Wildman–Crippen MR) is 95.8 cm³/mol. The topological polar surface area (TPSA) is 142 Å². The molecule has 28 heavy (non-hydrogen) atoms. The van der Waals surface area contributed by atoms with Crippen molar-refractivity contribution in [3.05, 3.63) is 62.7 Å². The minimum absolute atomic E-state index is 0.0793. The van der Waals surface area contributed by atoms with E-state index in [0.29, 0.717) is 0 Å².